The number of aliphatic hydroxyl groups is 3. The van der Waals surface area contributed by atoms with Crippen molar-refractivity contribution in [3.8, 4) is 0 Å². The van der Waals surface area contributed by atoms with E-state index in [1.54, 1.807) is 42.5 Å². The normalized spacial score (nSPS) is 16.4. The zero-order valence-corrected chi connectivity index (χ0v) is 18.3. The van der Waals surface area contributed by atoms with E-state index in [0.29, 0.717) is 19.3 Å². The molecular weight excluding hydrogens is 354 g/mol. The van der Waals surface area contributed by atoms with Gasteiger partial charge in [0.25, 0.3) is 0 Å². The first-order chi connectivity index (χ1) is 9.93. The van der Waals surface area contributed by atoms with Crippen LogP contribution in [0.2, 0.25) is 0 Å². The maximum absolute atomic E-state index is 10.8. The fourth-order valence-corrected chi connectivity index (χ4v) is 1.49. The molecule has 0 amide bonds. The second-order valence-electron chi connectivity index (χ2n) is 4.76. The third-order valence-corrected chi connectivity index (χ3v) is 2.62. The van der Waals surface area contributed by atoms with Crippen molar-refractivity contribution in [2.24, 2.45) is 0 Å². The number of rotatable bonds is 10. The van der Waals surface area contributed by atoms with E-state index in [2.05, 4.69) is 6.92 Å². The molecule has 0 aliphatic heterocycles. The fourth-order valence-electron chi connectivity index (χ4n) is 1.49. The van der Waals surface area contributed by atoms with Crippen LogP contribution in [0.5, 0.6) is 0 Å². The summed E-state index contributed by atoms with van der Waals surface area (Å²) in [5.74, 6) is 0.0855. The summed E-state index contributed by atoms with van der Waals surface area (Å²) in [5.41, 5.74) is 0. The molecule has 0 saturated carbocycles. The molecule has 0 fully saturated rings. The van der Waals surface area contributed by atoms with E-state index in [4.69, 9.17) is 5.11 Å². The Kier molecular flexibility index (Phi) is 18.1. The molecule has 0 rings (SSSR count). The summed E-state index contributed by atoms with van der Waals surface area (Å²) in [6, 6.07) is 0. The van der Waals surface area contributed by atoms with Crippen molar-refractivity contribution in [2.75, 3.05) is 0 Å². The van der Waals surface area contributed by atoms with Gasteiger partial charge >= 0.3 is 58.2 Å². The van der Waals surface area contributed by atoms with Gasteiger partial charge in [0.2, 0.25) is 0 Å². The van der Waals surface area contributed by atoms with Crippen LogP contribution in [0.1, 0.15) is 26.2 Å². The van der Waals surface area contributed by atoms with Crippen LogP contribution in [0.15, 0.2) is 48.6 Å². The Bertz CT molecular complexity index is 397. The summed E-state index contributed by atoms with van der Waals surface area (Å²) in [5, 5.41) is 28.2. The fraction of sp³-hybridized carbons (Fsp3) is 0.412. The van der Waals surface area contributed by atoms with E-state index in [0.717, 1.165) is 0 Å². The first-order valence-electron chi connectivity index (χ1n) is 6.98. The predicted octanol–water partition coefficient (Wildman–Crippen LogP) is -1.11. The zero-order chi connectivity index (χ0) is 16.1. The number of hydrogen-bond donors (Lipinski definition) is 3. The van der Waals surface area contributed by atoms with Gasteiger partial charge in [-0.1, -0.05) is 54.7 Å². The third kappa shape index (κ3) is 16.7. The van der Waals surface area contributed by atoms with Crippen molar-refractivity contribution in [3.05, 3.63) is 55.5 Å². The minimum absolute atomic E-state index is 0. The summed E-state index contributed by atoms with van der Waals surface area (Å²) < 4.78 is 0. The summed E-state index contributed by atoms with van der Waals surface area (Å²) in [4.78, 5) is 10.8. The van der Waals surface area contributed by atoms with Gasteiger partial charge in [0, 0.05) is 6.42 Å². The van der Waals surface area contributed by atoms with Gasteiger partial charge in [-0.15, -0.1) is 0 Å². The Balaban J connectivity index is 0. The van der Waals surface area contributed by atoms with Crippen molar-refractivity contribution in [3.63, 3.8) is 0 Å². The number of hydrogen-bond acceptors (Lipinski definition) is 4. The van der Waals surface area contributed by atoms with E-state index in [-0.39, 0.29) is 64.0 Å². The van der Waals surface area contributed by atoms with Gasteiger partial charge in [0.15, 0.2) is 0 Å². The molecule has 0 saturated heterocycles. The molecule has 4 nitrogen and oxygen atoms in total. The van der Waals surface area contributed by atoms with E-state index >= 15 is 0 Å². The monoisotopic (exact) mass is 378 g/mol. The van der Waals surface area contributed by atoms with Crippen molar-refractivity contribution in [1.29, 1.82) is 0 Å². The molecule has 0 aromatic heterocycles. The number of carbonyl (C=O) groups excluding carboxylic acids is 1. The zero-order valence-electron chi connectivity index (χ0n) is 13.4. The number of Topliss-reactive ketones (excluding diaryl/α,β-unsaturated/α-hetero) is 1. The summed E-state index contributed by atoms with van der Waals surface area (Å²) in [6.07, 6.45) is 12.2. The Morgan fingerprint density at radius 1 is 1.00 bits per heavy atom. The number of ketones is 1. The SMILES string of the molecule is [CH2-][C@H](O)/C=C/C=C\C=C\C=C\[C@@H](O)[C@@H](O)CCCC(C)=O.[Rb+]. The van der Waals surface area contributed by atoms with Crippen LogP contribution < -0.4 is 58.2 Å². The van der Waals surface area contributed by atoms with Crippen LogP contribution in [-0.4, -0.2) is 39.4 Å². The maximum Gasteiger partial charge on any atom is 1.00 e. The van der Waals surface area contributed by atoms with Crippen molar-refractivity contribution in [1.82, 2.24) is 0 Å². The van der Waals surface area contributed by atoms with Gasteiger partial charge < -0.3 is 27.0 Å². The van der Waals surface area contributed by atoms with E-state index < -0.39 is 18.3 Å². The molecule has 0 aliphatic carbocycles. The molecule has 0 spiro atoms. The van der Waals surface area contributed by atoms with E-state index in [9.17, 15) is 15.0 Å². The average Bonchev–Trinajstić information content (AvgIpc) is 2.40. The Labute approximate surface area is 182 Å². The smallest absolute Gasteiger partial charge is 0.421 e. The molecule has 118 valence electrons. The average molecular weight is 379 g/mol. The largest absolute Gasteiger partial charge is 1.00 e. The second kappa shape index (κ2) is 16.2. The summed E-state index contributed by atoms with van der Waals surface area (Å²) >= 11 is 0. The van der Waals surface area contributed by atoms with E-state index in [1.807, 2.05) is 0 Å². The molecule has 0 aromatic rings. The van der Waals surface area contributed by atoms with Gasteiger partial charge in [-0.2, -0.15) is 0 Å². The van der Waals surface area contributed by atoms with Crippen LogP contribution >= 0.6 is 0 Å². The molecule has 0 radical (unpaired) electrons. The third-order valence-electron chi connectivity index (χ3n) is 2.62. The molecule has 0 heterocycles. The minimum atomic E-state index is -0.938. The maximum atomic E-state index is 10.8. The molecule has 0 unspecified atom stereocenters. The molecule has 3 N–H and O–H groups in total. The Hall–Kier alpha value is 0.315. The predicted molar refractivity (Wildman–Crippen MR) is 84.5 cm³/mol. The molecule has 0 aliphatic rings. The molecule has 0 aromatic carbocycles. The van der Waals surface area contributed by atoms with E-state index in [1.165, 1.54) is 13.0 Å². The Morgan fingerprint density at radius 3 is 2.00 bits per heavy atom. The van der Waals surface area contributed by atoms with Gasteiger partial charge in [-0.25, -0.2) is 0 Å². The molecule has 5 heteroatoms. The second-order valence-corrected chi connectivity index (χ2v) is 4.76. The number of allylic oxidation sites excluding steroid dienone is 6. The minimum Gasteiger partial charge on any atom is -0.421 e. The number of aliphatic hydroxyl groups excluding tert-OH is 3. The summed E-state index contributed by atoms with van der Waals surface area (Å²) in [7, 11) is 0. The van der Waals surface area contributed by atoms with Crippen LogP contribution in [0, 0.1) is 6.92 Å². The van der Waals surface area contributed by atoms with Gasteiger partial charge in [-0.05, 0) is 19.8 Å². The van der Waals surface area contributed by atoms with Crippen LogP contribution in [0.25, 0.3) is 0 Å². The van der Waals surface area contributed by atoms with Crippen LogP contribution in [0.3, 0.4) is 0 Å². The topological polar surface area (TPSA) is 77.8 Å². The van der Waals surface area contributed by atoms with Gasteiger partial charge in [0.1, 0.15) is 5.78 Å². The van der Waals surface area contributed by atoms with Gasteiger partial charge in [0.05, 0.1) is 12.2 Å². The van der Waals surface area contributed by atoms with Crippen molar-refractivity contribution < 1.29 is 78.3 Å². The molecule has 0 bridgehead atoms. The van der Waals surface area contributed by atoms with Crippen molar-refractivity contribution in [2.45, 2.75) is 44.5 Å². The van der Waals surface area contributed by atoms with Crippen LogP contribution in [-0.2, 0) is 4.79 Å². The van der Waals surface area contributed by atoms with Crippen molar-refractivity contribution >= 4 is 5.78 Å². The molecule has 3 atom stereocenters. The first-order valence-corrected chi connectivity index (χ1v) is 6.98. The number of carbonyl (C=O) groups is 1. The molecular formula is C17H25O4Rb. The van der Waals surface area contributed by atoms with Crippen LogP contribution in [0.4, 0.5) is 0 Å². The Morgan fingerprint density at radius 2 is 1.50 bits per heavy atom. The molecule has 22 heavy (non-hydrogen) atoms. The summed E-state index contributed by atoms with van der Waals surface area (Å²) in [6.45, 7) is 4.90. The standard InChI is InChI=1S/C17H25O4.Rb/c1-14(18)10-7-5-3-4-6-8-12-16(20)17(21)13-9-11-15(2)19;/h3-8,10,12,14,16-18,20-21H,1,9,11,13H2,2H3;/q-1;+1/b5-3-,6-4+,10-7+,12-8+;/t14-,16+,17-;/m0./s1. The van der Waals surface area contributed by atoms with Gasteiger partial charge in [-0.3, -0.25) is 0 Å². The quantitative estimate of drug-likeness (QED) is 0.333. The first kappa shape index (κ1) is 24.6.